The average Bonchev–Trinajstić information content (AvgIpc) is 2.65. The molecule has 0 spiro atoms. The molecule has 1 aromatic carbocycles. The molecule has 27 heavy (non-hydrogen) atoms. The molecule has 8 heteroatoms. The summed E-state index contributed by atoms with van der Waals surface area (Å²) >= 11 is 0. The van der Waals surface area contributed by atoms with Gasteiger partial charge in [0, 0.05) is 30.9 Å². The number of unbranched alkanes of at least 4 members (excludes halogenated alkanes) is 3. The minimum absolute atomic E-state index is 0.00385. The zero-order chi connectivity index (χ0) is 19.8. The number of rotatable bonds is 8. The number of aromatic amines is 1. The first kappa shape index (κ1) is 20.2. The number of carbonyl (C=O) groups is 2. The maximum absolute atomic E-state index is 12.2. The number of nitrogens with zero attached hydrogens (tertiary/aromatic N) is 2. The van der Waals surface area contributed by atoms with E-state index in [1.165, 1.54) is 6.20 Å². The zero-order valence-electron chi connectivity index (χ0n) is 15.3. The number of primary amides is 1. The molecule has 3 N–H and O–H groups in total. The van der Waals surface area contributed by atoms with Crippen molar-refractivity contribution < 1.29 is 9.59 Å². The van der Waals surface area contributed by atoms with Crippen molar-refractivity contribution in [1.29, 1.82) is 0 Å². The van der Waals surface area contributed by atoms with Gasteiger partial charge in [-0.3, -0.25) is 14.6 Å². The van der Waals surface area contributed by atoms with Gasteiger partial charge in [0.05, 0.1) is 0 Å². The van der Waals surface area contributed by atoms with Crippen molar-refractivity contribution in [1.82, 2.24) is 14.5 Å². The summed E-state index contributed by atoms with van der Waals surface area (Å²) in [6, 6.07) is 8.21. The van der Waals surface area contributed by atoms with Crippen LogP contribution in [0.4, 0.5) is 4.79 Å². The molecule has 0 bridgehead atoms. The first-order valence-electron chi connectivity index (χ1n) is 8.85. The first-order chi connectivity index (χ1) is 12.9. The van der Waals surface area contributed by atoms with Gasteiger partial charge in [-0.05, 0) is 31.4 Å². The molecule has 2 amide bonds. The van der Waals surface area contributed by atoms with E-state index in [0.29, 0.717) is 28.7 Å². The van der Waals surface area contributed by atoms with Crippen LogP contribution in [0.2, 0.25) is 0 Å². The molecule has 0 atom stereocenters. The molecule has 0 aliphatic rings. The molecule has 0 saturated carbocycles. The molecule has 8 nitrogen and oxygen atoms in total. The second-order valence-electron chi connectivity index (χ2n) is 6.38. The van der Waals surface area contributed by atoms with Crippen LogP contribution in [0.5, 0.6) is 0 Å². The largest absolute Gasteiger partial charge is 0.351 e. The highest BCUT2D eigenvalue weighted by Crippen LogP contribution is 2.07. The Labute approximate surface area is 156 Å². The van der Waals surface area contributed by atoms with Crippen LogP contribution in [0.3, 0.4) is 0 Å². The Kier molecular flexibility index (Phi) is 7.10. The Morgan fingerprint density at radius 1 is 1.07 bits per heavy atom. The van der Waals surface area contributed by atoms with Gasteiger partial charge in [-0.2, -0.15) is 0 Å². The average molecular weight is 372 g/mol. The summed E-state index contributed by atoms with van der Waals surface area (Å²) in [5.74, 6) is -0.00385. The fraction of sp³-hybridized carbons (Fsp3) is 0.368. The van der Waals surface area contributed by atoms with E-state index in [2.05, 4.69) is 4.98 Å². The van der Waals surface area contributed by atoms with Gasteiger partial charge in [0.25, 0.3) is 11.5 Å². The molecule has 0 radical (unpaired) electrons. The Hall–Kier alpha value is -3.16. The molecule has 0 fully saturated rings. The number of nitrogens with two attached hydrogens (primary N) is 1. The summed E-state index contributed by atoms with van der Waals surface area (Å²) in [6.07, 6.45) is 5.00. The monoisotopic (exact) mass is 372 g/mol. The Bertz CT molecular complexity index is 902. The maximum atomic E-state index is 12.2. The van der Waals surface area contributed by atoms with Crippen LogP contribution >= 0.6 is 0 Å². The van der Waals surface area contributed by atoms with Gasteiger partial charge in [-0.15, -0.1) is 0 Å². The summed E-state index contributed by atoms with van der Waals surface area (Å²) < 4.78 is 0.695. The summed E-state index contributed by atoms with van der Waals surface area (Å²) in [6.45, 7) is 0.654. The summed E-state index contributed by atoms with van der Waals surface area (Å²) in [7, 11) is 1.78. The molecule has 0 aliphatic heterocycles. The molecule has 1 heterocycles. The quantitative estimate of drug-likeness (QED) is 0.680. The van der Waals surface area contributed by atoms with Crippen molar-refractivity contribution >= 4 is 11.9 Å². The van der Waals surface area contributed by atoms with E-state index in [1.54, 1.807) is 24.1 Å². The van der Waals surface area contributed by atoms with E-state index in [9.17, 15) is 19.2 Å². The van der Waals surface area contributed by atoms with Crippen molar-refractivity contribution in [3.63, 3.8) is 0 Å². The van der Waals surface area contributed by atoms with Gasteiger partial charge in [0.2, 0.25) is 0 Å². The maximum Gasteiger partial charge on any atom is 0.336 e. The number of H-pyrrole nitrogens is 1. The van der Waals surface area contributed by atoms with Gasteiger partial charge < -0.3 is 10.6 Å². The van der Waals surface area contributed by atoms with Crippen LogP contribution < -0.4 is 17.0 Å². The highest BCUT2D eigenvalue weighted by Gasteiger charge is 2.11. The predicted octanol–water partition coefficient (Wildman–Crippen LogP) is 1.34. The number of hydrogen-bond acceptors (Lipinski definition) is 4. The lowest BCUT2D eigenvalue weighted by Gasteiger charge is -2.17. The molecule has 2 rings (SSSR count). The van der Waals surface area contributed by atoms with Crippen LogP contribution in [0.1, 0.15) is 41.6 Å². The lowest BCUT2D eigenvalue weighted by atomic mass is 10.1. The smallest absolute Gasteiger partial charge is 0.336 e. The number of nitrogens with one attached hydrogen (secondary N) is 1. The third kappa shape index (κ3) is 5.67. The molecule has 2 aromatic rings. The van der Waals surface area contributed by atoms with Crippen molar-refractivity contribution in [3.8, 4) is 0 Å². The normalized spacial score (nSPS) is 10.6. The Balaban J connectivity index is 1.74. The standard InChI is InChI=1S/C19H24N4O4/c1-22(17(25)14-9-6-4-7-10-14)12-8-3-2-5-11-15-13-23(18(20)26)19(27)21-16(15)24/h4,6-7,9-10,13H,2-3,5,8,11-12H2,1H3,(H2,20,26)(H,21,24,27). The molecule has 1 aromatic heterocycles. The van der Waals surface area contributed by atoms with E-state index >= 15 is 0 Å². The third-order valence-corrected chi connectivity index (χ3v) is 4.31. The number of amides is 2. The third-order valence-electron chi connectivity index (χ3n) is 4.31. The van der Waals surface area contributed by atoms with E-state index in [4.69, 9.17) is 5.73 Å². The Morgan fingerprint density at radius 3 is 2.41 bits per heavy atom. The lowest BCUT2D eigenvalue weighted by molar-refractivity contribution is 0.0792. The fourth-order valence-electron chi connectivity index (χ4n) is 2.77. The number of benzene rings is 1. The van der Waals surface area contributed by atoms with Crippen LogP contribution in [0.25, 0.3) is 0 Å². The van der Waals surface area contributed by atoms with Crippen molar-refractivity contribution in [2.45, 2.75) is 32.1 Å². The second kappa shape index (κ2) is 9.51. The molecular weight excluding hydrogens is 348 g/mol. The van der Waals surface area contributed by atoms with Gasteiger partial charge in [0.1, 0.15) is 0 Å². The summed E-state index contributed by atoms with van der Waals surface area (Å²) in [4.78, 5) is 50.4. The Morgan fingerprint density at radius 2 is 1.74 bits per heavy atom. The topological polar surface area (TPSA) is 118 Å². The molecule has 0 aliphatic carbocycles. The van der Waals surface area contributed by atoms with Crippen molar-refractivity contribution in [2.75, 3.05) is 13.6 Å². The lowest BCUT2D eigenvalue weighted by Crippen LogP contribution is -2.38. The van der Waals surface area contributed by atoms with Crippen LogP contribution in [-0.4, -0.2) is 40.0 Å². The zero-order valence-corrected chi connectivity index (χ0v) is 15.3. The van der Waals surface area contributed by atoms with Gasteiger partial charge in [-0.25, -0.2) is 14.2 Å². The van der Waals surface area contributed by atoms with Crippen LogP contribution in [-0.2, 0) is 6.42 Å². The second-order valence-corrected chi connectivity index (χ2v) is 6.38. The minimum Gasteiger partial charge on any atom is -0.351 e. The number of carbonyl (C=O) groups excluding carboxylic acids is 2. The highest BCUT2D eigenvalue weighted by molar-refractivity contribution is 5.93. The van der Waals surface area contributed by atoms with Gasteiger partial charge in [0.15, 0.2) is 0 Å². The summed E-state index contributed by atoms with van der Waals surface area (Å²) in [5, 5.41) is 0. The summed E-state index contributed by atoms with van der Waals surface area (Å²) in [5.41, 5.74) is 4.79. The van der Waals surface area contributed by atoms with E-state index in [1.807, 2.05) is 18.2 Å². The molecule has 144 valence electrons. The molecule has 0 saturated heterocycles. The van der Waals surface area contributed by atoms with Gasteiger partial charge in [-0.1, -0.05) is 31.0 Å². The minimum atomic E-state index is -0.927. The first-order valence-corrected chi connectivity index (χ1v) is 8.85. The predicted molar refractivity (Wildman–Crippen MR) is 102 cm³/mol. The molecular formula is C19H24N4O4. The van der Waals surface area contributed by atoms with Crippen LogP contribution in [0, 0.1) is 0 Å². The van der Waals surface area contributed by atoms with Crippen molar-refractivity contribution in [3.05, 3.63) is 68.5 Å². The number of hydrogen-bond donors (Lipinski definition) is 2. The number of aryl methyl sites for hydroxylation is 1. The fourth-order valence-corrected chi connectivity index (χ4v) is 2.77. The van der Waals surface area contributed by atoms with Crippen molar-refractivity contribution in [2.24, 2.45) is 5.73 Å². The van der Waals surface area contributed by atoms with Crippen LogP contribution in [0.15, 0.2) is 46.1 Å². The highest BCUT2D eigenvalue weighted by atomic mass is 16.2. The van der Waals surface area contributed by atoms with E-state index < -0.39 is 17.3 Å². The van der Waals surface area contributed by atoms with Gasteiger partial charge >= 0.3 is 11.7 Å². The van der Waals surface area contributed by atoms with E-state index in [0.717, 1.165) is 25.7 Å². The van der Waals surface area contributed by atoms with E-state index in [-0.39, 0.29) is 5.91 Å². The number of aromatic nitrogens is 2. The SMILES string of the molecule is CN(CCCCCCc1cn(C(N)=O)c(=O)[nH]c1=O)C(=O)c1ccccc1. The molecule has 0 unspecified atom stereocenters.